The van der Waals surface area contributed by atoms with Gasteiger partial charge in [-0.1, -0.05) is 6.42 Å². The largest absolute Gasteiger partial charge is 0.459 e. The minimum Gasteiger partial charge on any atom is -0.459 e. The summed E-state index contributed by atoms with van der Waals surface area (Å²) in [6, 6.07) is 4.04. The van der Waals surface area contributed by atoms with Gasteiger partial charge < -0.3 is 15.5 Å². The topological polar surface area (TPSA) is 81.2 Å². The van der Waals surface area contributed by atoms with Crippen molar-refractivity contribution in [3.63, 3.8) is 0 Å². The lowest BCUT2D eigenvalue weighted by Crippen LogP contribution is -2.40. The van der Waals surface area contributed by atoms with Crippen molar-refractivity contribution in [2.45, 2.75) is 38.6 Å². The van der Waals surface area contributed by atoms with E-state index < -0.39 is 0 Å². The average molecular weight is 319 g/mol. The molecule has 2 aromatic rings. The number of hydrogen-bond donors (Lipinski definition) is 2. The number of nitrogens with zero attached hydrogens (tertiary/aromatic N) is 1. The van der Waals surface area contributed by atoms with Gasteiger partial charge in [-0.2, -0.15) is 0 Å². The SMILES string of the molecule is Cc1ccc(-c2nc(CC(=O)NC3CCCC3CN)cs2)o1. The van der Waals surface area contributed by atoms with Gasteiger partial charge in [-0.3, -0.25) is 4.79 Å². The van der Waals surface area contributed by atoms with E-state index in [-0.39, 0.29) is 11.9 Å². The maximum atomic E-state index is 12.2. The Hall–Kier alpha value is -1.66. The lowest BCUT2D eigenvalue weighted by molar-refractivity contribution is -0.121. The van der Waals surface area contributed by atoms with Crippen LogP contribution in [0.4, 0.5) is 0 Å². The number of amides is 1. The van der Waals surface area contributed by atoms with Crippen molar-refractivity contribution >= 4 is 17.2 Å². The highest BCUT2D eigenvalue weighted by atomic mass is 32.1. The predicted octanol–water partition coefficient (Wildman–Crippen LogP) is 2.50. The molecule has 3 N–H and O–H groups in total. The third-order valence-electron chi connectivity index (χ3n) is 4.15. The average Bonchev–Trinajstić information content (AvgIpc) is 3.19. The number of carbonyl (C=O) groups is 1. The number of rotatable bonds is 5. The molecule has 2 atom stereocenters. The maximum Gasteiger partial charge on any atom is 0.226 e. The second-order valence-electron chi connectivity index (χ2n) is 5.83. The third-order valence-corrected chi connectivity index (χ3v) is 5.06. The fraction of sp³-hybridized carbons (Fsp3) is 0.500. The molecule has 0 spiro atoms. The first-order valence-corrected chi connectivity index (χ1v) is 8.54. The molecule has 0 aromatic carbocycles. The smallest absolute Gasteiger partial charge is 0.226 e. The number of hydrogen-bond acceptors (Lipinski definition) is 5. The zero-order valence-electron chi connectivity index (χ0n) is 12.7. The van der Waals surface area contributed by atoms with Crippen molar-refractivity contribution in [2.24, 2.45) is 11.7 Å². The van der Waals surface area contributed by atoms with E-state index in [4.69, 9.17) is 10.2 Å². The van der Waals surface area contributed by atoms with Gasteiger partial charge in [0.05, 0.1) is 12.1 Å². The molecule has 1 aliphatic carbocycles. The summed E-state index contributed by atoms with van der Waals surface area (Å²) >= 11 is 1.50. The van der Waals surface area contributed by atoms with Crippen LogP contribution < -0.4 is 11.1 Å². The standard InChI is InChI=1S/C16H21N3O2S/c1-10-5-6-14(21-10)16-18-12(9-22-16)7-15(20)19-13-4-2-3-11(13)8-17/h5-6,9,11,13H,2-4,7-8,17H2,1H3,(H,19,20). The van der Waals surface area contributed by atoms with E-state index in [0.717, 1.165) is 41.5 Å². The molecule has 5 nitrogen and oxygen atoms in total. The van der Waals surface area contributed by atoms with Crippen LogP contribution in [0, 0.1) is 12.8 Å². The van der Waals surface area contributed by atoms with Crippen LogP contribution in [0.5, 0.6) is 0 Å². The first-order chi connectivity index (χ1) is 10.7. The van der Waals surface area contributed by atoms with Crippen LogP contribution in [0.1, 0.15) is 30.7 Å². The summed E-state index contributed by atoms with van der Waals surface area (Å²) in [7, 11) is 0. The van der Waals surface area contributed by atoms with E-state index in [1.807, 2.05) is 24.4 Å². The Balaban J connectivity index is 1.59. The summed E-state index contributed by atoms with van der Waals surface area (Å²) in [5.41, 5.74) is 6.54. The molecule has 2 aromatic heterocycles. The molecule has 1 fully saturated rings. The van der Waals surface area contributed by atoms with E-state index in [0.29, 0.717) is 18.9 Å². The number of aryl methyl sites for hydroxylation is 1. The highest BCUT2D eigenvalue weighted by molar-refractivity contribution is 7.13. The summed E-state index contributed by atoms with van der Waals surface area (Å²) < 4.78 is 5.56. The van der Waals surface area contributed by atoms with Gasteiger partial charge in [-0.15, -0.1) is 11.3 Å². The normalized spacial score (nSPS) is 21.2. The molecule has 0 aliphatic heterocycles. The summed E-state index contributed by atoms with van der Waals surface area (Å²) in [5, 5.41) is 5.84. The lowest BCUT2D eigenvalue weighted by Gasteiger charge is -2.19. The molecule has 3 rings (SSSR count). The molecular weight excluding hydrogens is 298 g/mol. The highest BCUT2D eigenvalue weighted by Gasteiger charge is 2.27. The number of carbonyl (C=O) groups excluding carboxylic acids is 1. The zero-order chi connectivity index (χ0) is 15.5. The molecule has 0 saturated heterocycles. The molecule has 1 amide bonds. The van der Waals surface area contributed by atoms with Gasteiger partial charge in [0.1, 0.15) is 5.76 Å². The quantitative estimate of drug-likeness (QED) is 0.887. The predicted molar refractivity (Wildman–Crippen MR) is 86.6 cm³/mol. The van der Waals surface area contributed by atoms with E-state index in [9.17, 15) is 4.79 Å². The van der Waals surface area contributed by atoms with Crippen molar-refractivity contribution in [1.29, 1.82) is 0 Å². The van der Waals surface area contributed by atoms with Crippen LogP contribution in [-0.2, 0) is 11.2 Å². The first-order valence-electron chi connectivity index (χ1n) is 7.66. The minimum atomic E-state index is 0.0258. The van der Waals surface area contributed by atoms with Gasteiger partial charge in [0.15, 0.2) is 10.8 Å². The van der Waals surface area contributed by atoms with Gasteiger partial charge in [-0.05, 0) is 44.4 Å². The van der Waals surface area contributed by atoms with Crippen molar-refractivity contribution in [3.8, 4) is 10.8 Å². The van der Waals surface area contributed by atoms with Gasteiger partial charge in [0.2, 0.25) is 5.91 Å². The zero-order valence-corrected chi connectivity index (χ0v) is 13.5. The Bertz CT molecular complexity index is 649. The first kappa shape index (κ1) is 15.2. The van der Waals surface area contributed by atoms with Crippen molar-refractivity contribution < 1.29 is 9.21 Å². The van der Waals surface area contributed by atoms with Crippen LogP contribution >= 0.6 is 11.3 Å². The number of nitrogens with one attached hydrogen (secondary N) is 1. The molecule has 2 unspecified atom stereocenters. The number of thiazole rings is 1. The lowest BCUT2D eigenvalue weighted by atomic mass is 10.0. The number of aromatic nitrogens is 1. The maximum absolute atomic E-state index is 12.2. The van der Waals surface area contributed by atoms with Crippen LogP contribution in [-0.4, -0.2) is 23.5 Å². The van der Waals surface area contributed by atoms with Gasteiger partial charge in [-0.25, -0.2) is 4.98 Å². The highest BCUT2D eigenvalue weighted by Crippen LogP contribution is 2.26. The minimum absolute atomic E-state index is 0.0258. The van der Waals surface area contributed by atoms with Gasteiger partial charge in [0, 0.05) is 11.4 Å². The van der Waals surface area contributed by atoms with Crippen LogP contribution in [0.15, 0.2) is 21.9 Å². The molecular formula is C16H21N3O2S. The van der Waals surface area contributed by atoms with Gasteiger partial charge in [0.25, 0.3) is 0 Å². The Morgan fingerprint density at radius 1 is 1.50 bits per heavy atom. The van der Waals surface area contributed by atoms with E-state index in [1.165, 1.54) is 11.3 Å². The monoisotopic (exact) mass is 319 g/mol. The molecule has 0 radical (unpaired) electrons. The second kappa shape index (κ2) is 6.62. The summed E-state index contributed by atoms with van der Waals surface area (Å²) in [4.78, 5) is 16.7. The van der Waals surface area contributed by atoms with Crippen molar-refractivity contribution in [1.82, 2.24) is 10.3 Å². The second-order valence-corrected chi connectivity index (χ2v) is 6.69. The fourth-order valence-electron chi connectivity index (χ4n) is 2.98. The van der Waals surface area contributed by atoms with E-state index in [2.05, 4.69) is 10.3 Å². The Labute approximate surface area is 133 Å². The number of nitrogens with two attached hydrogens (primary N) is 1. The Morgan fingerprint density at radius 3 is 3.09 bits per heavy atom. The van der Waals surface area contributed by atoms with Crippen molar-refractivity contribution in [3.05, 3.63) is 29.0 Å². The fourth-order valence-corrected chi connectivity index (χ4v) is 3.76. The summed E-state index contributed by atoms with van der Waals surface area (Å²) in [6.07, 6.45) is 3.59. The summed E-state index contributed by atoms with van der Waals surface area (Å²) in [5.74, 6) is 2.06. The molecule has 22 heavy (non-hydrogen) atoms. The summed E-state index contributed by atoms with van der Waals surface area (Å²) in [6.45, 7) is 2.55. The number of furan rings is 1. The van der Waals surface area contributed by atoms with E-state index >= 15 is 0 Å². The van der Waals surface area contributed by atoms with E-state index in [1.54, 1.807) is 0 Å². The third kappa shape index (κ3) is 3.39. The van der Waals surface area contributed by atoms with Crippen LogP contribution in [0.3, 0.4) is 0 Å². The van der Waals surface area contributed by atoms with Crippen LogP contribution in [0.25, 0.3) is 10.8 Å². The molecule has 2 heterocycles. The Kier molecular flexibility index (Phi) is 4.59. The van der Waals surface area contributed by atoms with Crippen molar-refractivity contribution in [2.75, 3.05) is 6.54 Å². The molecule has 6 heteroatoms. The molecule has 1 saturated carbocycles. The molecule has 0 bridgehead atoms. The Morgan fingerprint density at radius 2 is 2.36 bits per heavy atom. The molecule has 1 aliphatic rings. The van der Waals surface area contributed by atoms with Gasteiger partial charge >= 0.3 is 0 Å². The van der Waals surface area contributed by atoms with Crippen LogP contribution in [0.2, 0.25) is 0 Å². The molecule has 118 valence electrons.